The average Bonchev–Trinajstić information content (AvgIpc) is 2.69. The maximum atomic E-state index is 14.4. The Hall–Kier alpha value is -3.46. The number of hydrogen-bond acceptors (Lipinski definition) is 7. The summed E-state index contributed by atoms with van der Waals surface area (Å²) in [4.78, 5) is 20.4. The van der Waals surface area contributed by atoms with Crippen LogP contribution in [0.4, 0.5) is 21.7 Å². The molecule has 2 atom stereocenters. The van der Waals surface area contributed by atoms with Gasteiger partial charge in [0.1, 0.15) is 11.6 Å². The molecule has 0 spiro atoms. The molecule has 0 aliphatic heterocycles. The summed E-state index contributed by atoms with van der Waals surface area (Å²) in [7, 11) is 1.58. The van der Waals surface area contributed by atoms with Crippen LogP contribution in [-0.4, -0.2) is 35.1 Å². The van der Waals surface area contributed by atoms with Gasteiger partial charge in [-0.3, -0.25) is 9.78 Å². The number of nitrogens with one attached hydrogen (secondary N) is 2. The van der Waals surface area contributed by atoms with E-state index in [0.717, 1.165) is 17.0 Å². The fourth-order valence-electron chi connectivity index (χ4n) is 2.65. The van der Waals surface area contributed by atoms with E-state index in [1.807, 2.05) is 31.2 Å². The molecule has 0 fully saturated rings. The van der Waals surface area contributed by atoms with Crippen LogP contribution in [0.2, 0.25) is 0 Å². The van der Waals surface area contributed by atoms with E-state index in [2.05, 4.69) is 20.6 Å². The van der Waals surface area contributed by atoms with Crippen molar-refractivity contribution in [1.82, 2.24) is 9.97 Å². The summed E-state index contributed by atoms with van der Waals surface area (Å²) in [5, 5.41) is 6.76. The first kappa shape index (κ1) is 20.3. The van der Waals surface area contributed by atoms with E-state index in [1.165, 1.54) is 0 Å². The van der Waals surface area contributed by atoms with Crippen molar-refractivity contribution in [3.05, 3.63) is 47.9 Å². The summed E-state index contributed by atoms with van der Waals surface area (Å²) in [6.45, 7) is 3.60. The predicted molar refractivity (Wildman–Crippen MR) is 111 cm³/mol. The molecule has 6 N–H and O–H groups in total. The van der Waals surface area contributed by atoms with Crippen LogP contribution < -0.4 is 26.8 Å². The molecule has 0 saturated heterocycles. The normalized spacial score (nSPS) is 13.0. The number of nitrogens with zero attached hydrogens (tertiary/aromatic N) is 2. The molecule has 9 heteroatoms. The van der Waals surface area contributed by atoms with Crippen LogP contribution in [0.5, 0.6) is 5.75 Å². The predicted octanol–water partition coefficient (Wildman–Crippen LogP) is 2.77. The van der Waals surface area contributed by atoms with Crippen LogP contribution in [0.3, 0.4) is 0 Å². The van der Waals surface area contributed by atoms with E-state index >= 15 is 0 Å². The number of primary amides is 1. The van der Waals surface area contributed by atoms with Gasteiger partial charge in [0.25, 0.3) is 5.91 Å². The lowest BCUT2D eigenvalue weighted by Gasteiger charge is -2.20. The molecule has 0 bridgehead atoms. The zero-order chi connectivity index (χ0) is 21.1. The van der Waals surface area contributed by atoms with E-state index in [4.69, 9.17) is 16.2 Å². The van der Waals surface area contributed by atoms with Crippen molar-refractivity contribution in [2.75, 3.05) is 17.7 Å². The fourth-order valence-corrected chi connectivity index (χ4v) is 2.65. The highest BCUT2D eigenvalue weighted by molar-refractivity contribution is 5.99. The summed E-state index contributed by atoms with van der Waals surface area (Å²) in [6, 6.07) is 7.89. The number of nitrogens with two attached hydrogens (primary N) is 2. The third-order valence-corrected chi connectivity index (χ3v) is 4.55. The number of pyridine rings is 2. The summed E-state index contributed by atoms with van der Waals surface area (Å²) >= 11 is 0. The van der Waals surface area contributed by atoms with Gasteiger partial charge in [-0.05, 0) is 38.1 Å². The number of fused-ring (bicyclic) bond motifs is 1. The van der Waals surface area contributed by atoms with Crippen LogP contribution in [0.25, 0.3) is 10.9 Å². The number of hydrogen-bond donors (Lipinski definition) is 4. The number of halogens is 1. The Labute approximate surface area is 167 Å². The monoisotopic (exact) mass is 398 g/mol. The molecule has 2 heterocycles. The molecule has 3 aromatic rings. The number of benzene rings is 1. The van der Waals surface area contributed by atoms with Crippen molar-refractivity contribution in [2.45, 2.75) is 25.9 Å². The molecule has 1 amide bonds. The number of aromatic nitrogens is 2. The number of carbonyl (C=O) groups excluding carboxylic acids is 1. The van der Waals surface area contributed by atoms with E-state index in [-0.39, 0.29) is 29.3 Å². The average molecular weight is 398 g/mol. The van der Waals surface area contributed by atoms with Crippen LogP contribution in [0.1, 0.15) is 24.2 Å². The molecule has 0 unspecified atom stereocenters. The molecule has 3 rings (SSSR count). The zero-order valence-corrected chi connectivity index (χ0v) is 16.4. The standard InChI is InChI=1S/C20H23FN6O2/c1-10(22)11(2)25-20-16(21)8-15(18(23)28)19(27-20)26-13-6-12-4-5-14(29-3)7-17(12)24-9-13/h4-11H,22H2,1-3H3,(H2,23,28)(H2,25,26,27)/t10-,11+/m1/s1. The second-order valence-electron chi connectivity index (χ2n) is 6.78. The second kappa shape index (κ2) is 8.27. The molecule has 0 aliphatic rings. The lowest BCUT2D eigenvalue weighted by molar-refractivity contribution is 0.100. The van der Waals surface area contributed by atoms with Gasteiger partial charge in [0.15, 0.2) is 11.6 Å². The Morgan fingerprint density at radius 3 is 2.62 bits per heavy atom. The zero-order valence-electron chi connectivity index (χ0n) is 16.4. The summed E-state index contributed by atoms with van der Waals surface area (Å²) in [6.07, 6.45) is 1.58. The van der Waals surface area contributed by atoms with E-state index in [1.54, 1.807) is 20.2 Å². The van der Waals surface area contributed by atoms with Crippen LogP contribution in [-0.2, 0) is 0 Å². The van der Waals surface area contributed by atoms with Crippen molar-refractivity contribution in [3.63, 3.8) is 0 Å². The lowest BCUT2D eigenvalue weighted by Crippen LogP contribution is -2.35. The topological polar surface area (TPSA) is 128 Å². The van der Waals surface area contributed by atoms with Gasteiger partial charge in [-0.25, -0.2) is 9.37 Å². The molecule has 8 nitrogen and oxygen atoms in total. The second-order valence-corrected chi connectivity index (χ2v) is 6.78. The van der Waals surface area contributed by atoms with Gasteiger partial charge in [-0.15, -0.1) is 0 Å². The first-order valence-electron chi connectivity index (χ1n) is 9.01. The number of anilines is 3. The number of rotatable bonds is 7. The largest absolute Gasteiger partial charge is 0.497 e. The van der Waals surface area contributed by atoms with Crippen LogP contribution >= 0.6 is 0 Å². The van der Waals surface area contributed by atoms with Crippen LogP contribution in [0.15, 0.2) is 36.5 Å². The Kier molecular flexibility index (Phi) is 5.79. The van der Waals surface area contributed by atoms with Gasteiger partial charge in [0.05, 0.1) is 30.1 Å². The number of carbonyl (C=O) groups is 1. The molecular formula is C20H23FN6O2. The molecule has 0 saturated carbocycles. The van der Waals surface area contributed by atoms with Crippen molar-refractivity contribution in [2.24, 2.45) is 11.5 Å². The van der Waals surface area contributed by atoms with Gasteiger partial charge >= 0.3 is 0 Å². The first-order valence-corrected chi connectivity index (χ1v) is 9.01. The highest BCUT2D eigenvalue weighted by Gasteiger charge is 2.18. The van der Waals surface area contributed by atoms with Gasteiger partial charge < -0.3 is 26.8 Å². The summed E-state index contributed by atoms with van der Waals surface area (Å²) < 4.78 is 19.6. The van der Waals surface area contributed by atoms with E-state index in [9.17, 15) is 9.18 Å². The maximum absolute atomic E-state index is 14.4. The van der Waals surface area contributed by atoms with Gasteiger partial charge in [-0.1, -0.05) is 0 Å². The Morgan fingerprint density at radius 2 is 1.97 bits per heavy atom. The molecule has 2 aromatic heterocycles. The Balaban J connectivity index is 1.98. The first-order chi connectivity index (χ1) is 13.8. The molecule has 152 valence electrons. The highest BCUT2D eigenvalue weighted by atomic mass is 19.1. The minimum atomic E-state index is -0.802. The Morgan fingerprint density at radius 1 is 1.21 bits per heavy atom. The molecule has 0 aliphatic carbocycles. The summed E-state index contributed by atoms with van der Waals surface area (Å²) in [5.74, 6) is -0.709. The number of ether oxygens (including phenoxy) is 1. The SMILES string of the molecule is COc1ccc2cc(Nc3nc(N[C@@H](C)[C@@H](C)N)c(F)cc3C(N)=O)cnc2c1. The molecule has 0 radical (unpaired) electrons. The lowest BCUT2D eigenvalue weighted by atomic mass is 10.1. The van der Waals surface area contributed by atoms with Crippen molar-refractivity contribution >= 4 is 34.1 Å². The van der Waals surface area contributed by atoms with Crippen LogP contribution in [0, 0.1) is 5.82 Å². The van der Waals surface area contributed by atoms with Gasteiger partial charge in [-0.2, -0.15) is 0 Å². The molecule has 29 heavy (non-hydrogen) atoms. The smallest absolute Gasteiger partial charge is 0.252 e. The van der Waals surface area contributed by atoms with Crippen molar-refractivity contribution < 1.29 is 13.9 Å². The summed E-state index contributed by atoms with van der Waals surface area (Å²) in [5.41, 5.74) is 12.5. The van der Waals surface area contributed by atoms with Crippen molar-refractivity contribution in [1.29, 1.82) is 0 Å². The van der Waals surface area contributed by atoms with Gasteiger partial charge in [0.2, 0.25) is 0 Å². The minimum Gasteiger partial charge on any atom is -0.497 e. The fraction of sp³-hybridized carbons (Fsp3) is 0.250. The maximum Gasteiger partial charge on any atom is 0.252 e. The van der Waals surface area contributed by atoms with E-state index in [0.29, 0.717) is 11.4 Å². The van der Waals surface area contributed by atoms with E-state index < -0.39 is 11.7 Å². The number of amides is 1. The van der Waals surface area contributed by atoms with Gasteiger partial charge in [0, 0.05) is 23.5 Å². The quantitative estimate of drug-likeness (QED) is 0.482. The Bertz CT molecular complexity index is 1060. The number of methoxy groups -OCH3 is 1. The molecular weight excluding hydrogens is 375 g/mol. The third kappa shape index (κ3) is 4.52. The third-order valence-electron chi connectivity index (χ3n) is 4.55. The van der Waals surface area contributed by atoms with Crippen molar-refractivity contribution in [3.8, 4) is 5.75 Å². The highest BCUT2D eigenvalue weighted by Crippen LogP contribution is 2.26. The molecule has 1 aromatic carbocycles. The minimum absolute atomic E-state index is 0.0271.